The quantitative estimate of drug-likeness (QED) is 0.386. The van der Waals surface area contributed by atoms with Crippen molar-refractivity contribution in [3.8, 4) is 0 Å². The average molecular weight is 355 g/mol. The number of hydrogen-bond donors (Lipinski definition) is 0. The van der Waals surface area contributed by atoms with Crippen LogP contribution in [0, 0.1) is 0 Å². The van der Waals surface area contributed by atoms with Gasteiger partial charge in [0, 0.05) is 11.5 Å². The number of unbranched alkanes of at least 4 members (excludes halogenated alkanes) is 2. The monoisotopic (exact) mass is 354 g/mol. The number of nitrogens with zero attached hydrogens (tertiary/aromatic N) is 4. The predicted octanol–water partition coefficient (Wildman–Crippen LogP) is 4.76. The molecule has 0 amide bonds. The zero-order valence-corrected chi connectivity index (χ0v) is 15.5. The van der Waals surface area contributed by atoms with Gasteiger partial charge < -0.3 is 0 Å². The highest BCUT2D eigenvalue weighted by Crippen LogP contribution is 2.25. The van der Waals surface area contributed by atoms with Crippen LogP contribution in [0.3, 0.4) is 0 Å². The lowest BCUT2D eigenvalue weighted by molar-refractivity contribution is 0.779. The highest BCUT2D eigenvalue weighted by Gasteiger charge is 2.16. The van der Waals surface area contributed by atoms with Gasteiger partial charge in [-0.1, -0.05) is 38.8 Å². The first kappa shape index (κ1) is 17.6. The van der Waals surface area contributed by atoms with E-state index in [2.05, 4.69) is 27.8 Å². The molecule has 0 aliphatic rings. The smallest absolute Gasteiger partial charge is 0.230 e. The minimum absolute atomic E-state index is 0.651. The predicted molar refractivity (Wildman–Crippen MR) is 102 cm³/mol. The molecule has 0 aliphatic heterocycles. The average Bonchev–Trinajstić information content (AvgIpc) is 2.97. The molecule has 2 aromatic rings. The second-order valence-electron chi connectivity index (χ2n) is 4.89. The lowest BCUT2D eigenvalue weighted by atomic mass is 10.3. The number of thiocarbonyl (C=S) groups is 1. The molecule has 1 aromatic carbocycles. The molecule has 0 atom stereocenters. The van der Waals surface area contributed by atoms with Crippen molar-refractivity contribution >= 4 is 52.3 Å². The fraction of sp³-hybridized carbons (Fsp3) is 0.533. The van der Waals surface area contributed by atoms with E-state index in [0.29, 0.717) is 5.11 Å². The molecule has 0 fully saturated rings. The Balaban J connectivity index is 2.08. The molecule has 0 radical (unpaired) electrons. The molecule has 1 heterocycles. The summed E-state index contributed by atoms with van der Waals surface area (Å²) in [4.78, 5) is 1.58. The molecule has 4 nitrogen and oxygen atoms in total. The molecular weight excluding hydrogens is 332 g/mol. The number of fused-ring (bicyclic) bond motifs is 1. The molecule has 7 heteroatoms. The fourth-order valence-electron chi connectivity index (χ4n) is 1.75. The maximum absolute atomic E-state index is 5.60. The summed E-state index contributed by atoms with van der Waals surface area (Å²) in [7, 11) is 0. The van der Waals surface area contributed by atoms with Crippen molar-refractivity contribution in [3.63, 3.8) is 0 Å². The summed E-state index contributed by atoms with van der Waals surface area (Å²) in [6.45, 7) is 4.41. The van der Waals surface area contributed by atoms with Gasteiger partial charge in [0.25, 0.3) is 0 Å². The SMILES string of the molecule is CCCCSN(SCCCC)C(=S)n1nc2ccccc2n1. The van der Waals surface area contributed by atoms with Crippen molar-refractivity contribution in [2.75, 3.05) is 11.5 Å². The molecule has 22 heavy (non-hydrogen) atoms. The van der Waals surface area contributed by atoms with Crippen LogP contribution in [-0.2, 0) is 0 Å². The molecule has 120 valence electrons. The summed E-state index contributed by atoms with van der Waals surface area (Å²) >= 11 is 9.13. The minimum Gasteiger partial charge on any atom is -0.230 e. The third kappa shape index (κ3) is 4.86. The van der Waals surface area contributed by atoms with E-state index in [4.69, 9.17) is 12.2 Å². The highest BCUT2D eigenvalue weighted by atomic mass is 32.2. The van der Waals surface area contributed by atoms with Crippen molar-refractivity contribution in [2.45, 2.75) is 39.5 Å². The molecule has 0 bridgehead atoms. The Bertz CT molecular complexity index is 556. The fourth-order valence-corrected chi connectivity index (χ4v) is 4.43. The highest BCUT2D eigenvalue weighted by molar-refractivity contribution is 8.13. The van der Waals surface area contributed by atoms with Gasteiger partial charge >= 0.3 is 0 Å². The lowest BCUT2D eigenvalue weighted by Gasteiger charge is -2.21. The standard InChI is InChI=1S/C15H22N4S3/c1-3-5-11-21-19(22-12-6-4-2)15(20)18-16-13-9-7-8-10-14(13)17-18/h7-10H,3-6,11-12H2,1-2H3. The zero-order valence-electron chi connectivity index (χ0n) is 13.1. The van der Waals surface area contributed by atoms with E-state index in [1.54, 1.807) is 28.7 Å². The molecule has 1 aromatic heterocycles. The molecule has 0 N–H and O–H groups in total. The van der Waals surface area contributed by atoms with Crippen LogP contribution in [0.2, 0.25) is 0 Å². The van der Waals surface area contributed by atoms with E-state index in [9.17, 15) is 0 Å². The Morgan fingerprint density at radius 1 is 1.05 bits per heavy atom. The summed E-state index contributed by atoms with van der Waals surface area (Å²) in [6.07, 6.45) is 4.76. The van der Waals surface area contributed by atoms with Crippen LogP contribution in [0.25, 0.3) is 11.0 Å². The normalized spacial score (nSPS) is 11.0. The van der Waals surface area contributed by atoms with Crippen LogP contribution in [0.1, 0.15) is 39.5 Å². The van der Waals surface area contributed by atoms with Crippen molar-refractivity contribution < 1.29 is 0 Å². The van der Waals surface area contributed by atoms with Gasteiger partial charge in [0.2, 0.25) is 5.11 Å². The van der Waals surface area contributed by atoms with Crippen LogP contribution in [-0.4, -0.2) is 35.3 Å². The van der Waals surface area contributed by atoms with E-state index in [-0.39, 0.29) is 0 Å². The van der Waals surface area contributed by atoms with Crippen molar-refractivity contribution in [1.82, 2.24) is 18.7 Å². The van der Waals surface area contributed by atoms with Gasteiger partial charge in [0.1, 0.15) is 11.0 Å². The van der Waals surface area contributed by atoms with Crippen LogP contribution in [0.4, 0.5) is 0 Å². The van der Waals surface area contributed by atoms with Gasteiger partial charge in [-0.15, -0.1) is 15.0 Å². The maximum Gasteiger partial charge on any atom is 0.236 e. The topological polar surface area (TPSA) is 34.0 Å². The third-order valence-corrected chi connectivity index (χ3v) is 5.99. The molecular formula is C15H22N4S3. The van der Waals surface area contributed by atoms with Gasteiger partial charge in [-0.05, 0) is 61.1 Å². The number of rotatable bonds is 8. The zero-order chi connectivity index (χ0) is 15.8. The lowest BCUT2D eigenvalue weighted by Crippen LogP contribution is -2.26. The van der Waals surface area contributed by atoms with Gasteiger partial charge in [-0.25, -0.2) is 3.71 Å². The first-order valence-corrected chi connectivity index (χ1v) is 9.98. The third-order valence-electron chi connectivity index (χ3n) is 3.03. The Kier molecular flexibility index (Phi) is 7.48. The van der Waals surface area contributed by atoms with E-state index >= 15 is 0 Å². The largest absolute Gasteiger partial charge is 0.236 e. The Morgan fingerprint density at radius 2 is 1.55 bits per heavy atom. The second-order valence-corrected chi connectivity index (χ2v) is 7.55. The van der Waals surface area contributed by atoms with Crippen molar-refractivity contribution in [3.05, 3.63) is 24.3 Å². The molecule has 0 spiro atoms. The van der Waals surface area contributed by atoms with Crippen molar-refractivity contribution in [1.29, 1.82) is 0 Å². The van der Waals surface area contributed by atoms with E-state index < -0.39 is 0 Å². The van der Waals surface area contributed by atoms with Gasteiger partial charge in [-0.3, -0.25) is 0 Å². The number of hydrogen-bond acceptors (Lipinski definition) is 5. The molecule has 0 unspecified atom stereocenters. The van der Waals surface area contributed by atoms with Gasteiger partial charge in [0.05, 0.1) is 0 Å². The maximum atomic E-state index is 5.60. The number of benzene rings is 1. The van der Waals surface area contributed by atoms with Gasteiger partial charge in [0.15, 0.2) is 0 Å². The number of aromatic nitrogens is 3. The van der Waals surface area contributed by atoms with Crippen LogP contribution in [0.5, 0.6) is 0 Å². The second kappa shape index (κ2) is 9.37. The minimum atomic E-state index is 0.651. The Labute approximate surface area is 146 Å². The molecule has 0 saturated heterocycles. The summed E-state index contributed by atoms with van der Waals surface area (Å²) in [5.41, 5.74) is 1.75. The summed E-state index contributed by atoms with van der Waals surface area (Å²) in [5, 5.41) is 9.62. The molecule has 0 aliphatic carbocycles. The summed E-state index contributed by atoms with van der Waals surface area (Å²) in [6, 6.07) is 7.85. The Morgan fingerprint density at radius 3 is 2.00 bits per heavy atom. The van der Waals surface area contributed by atoms with E-state index in [1.807, 2.05) is 24.3 Å². The Hall–Kier alpha value is -0.790. The summed E-state index contributed by atoms with van der Waals surface area (Å²) < 4.78 is 2.10. The molecule has 2 rings (SSSR count). The first-order valence-electron chi connectivity index (χ1n) is 7.68. The van der Waals surface area contributed by atoms with Crippen LogP contribution in [0.15, 0.2) is 24.3 Å². The van der Waals surface area contributed by atoms with E-state index in [1.165, 1.54) is 25.7 Å². The van der Waals surface area contributed by atoms with Gasteiger partial charge in [-0.2, -0.15) is 0 Å². The van der Waals surface area contributed by atoms with Crippen LogP contribution < -0.4 is 0 Å². The van der Waals surface area contributed by atoms with E-state index in [0.717, 1.165) is 22.5 Å². The molecule has 0 saturated carbocycles. The first-order chi connectivity index (χ1) is 10.8. The van der Waals surface area contributed by atoms with Crippen molar-refractivity contribution in [2.24, 2.45) is 0 Å². The van der Waals surface area contributed by atoms with Crippen LogP contribution >= 0.6 is 36.1 Å². The summed E-state index contributed by atoms with van der Waals surface area (Å²) in [5.74, 6) is 2.13.